The minimum atomic E-state index is -4.03. The Morgan fingerprint density at radius 2 is 2.00 bits per heavy atom. The van der Waals surface area contributed by atoms with Gasteiger partial charge in [-0.3, -0.25) is 4.79 Å². The van der Waals surface area contributed by atoms with Gasteiger partial charge in [0, 0.05) is 20.3 Å². The van der Waals surface area contributed by atoms with Crippen LogP contribution in [0.25, 0.3) is 0 Å². The summed E-state index contributed by atoms with van der Waals surface area (Å²) in [5.41, 5.74) is -0.00231. The van der Waals surface area contributed by atoms with Crippen LogP contribution in [-0.4, -0.2) is 34.6 Å². The molecule has 9 heteroatoms. The number of carbonyl (C=O) groups is 1. The van der Waals surface area contributed by atoms with Crippen LogP contribution in [0, 0.1) is 0 Å². The van der Waals surface area contributed by atoms with Crippen LogP contribution in [0.3, 0.4) is 0 Å². The van der Waals surface area contributed by atoms with E-state index < -0.39 is 15.9 Å². The molecule has 0 aliphatic rings. The quantitative estimate of drug-likeness (QED) is 0.764. The monoisotopic (exact) mass is 340 g/mol. The molecular formula is C11H14Cl2N2O4S. The van der Waals surface area contributed by atoms with E-state index in [1.165, 1.54) is 6.07 Å². The lowest BCUT2D eigenvalue weighted by molar-refractivity contribution is 0.0948. The summed E-state index contributed by atoms with van der Waals surface area (Å²) in [6.07, 6.45) is 0.621. The molecule has 0 saturated heterocycles. The van der Waals surface area contributed by atoms with Crippen molar-refractivity contribution in [2.24, 2.45) is 5.14 Å². The molecule has 0 atom stereocenters. The second kappa shape index (κ2) is 7.24. The Labute approximate surface area is 127 Å². The number of hydrogen-bond acceptors (Lipinski definition) is 4. The van der Waals surface area contributed by atoms with E-state index in [1.54, 1.807) is 7.11 Å². The van der Waals surface area contributed by atoms with Gasteiger partial charge in [0.2, 0.25) is 10.0 Å². The molecule has 112 valence electrons. The summed E-state index contributed by atoms with van der Waals surface area (Å²) in [6, 6.07) is 2.23. The number of hydrogen-bond donors (Lipinski definition) is 2. The lowest BCUT2D eigenvalue weighted by Gasteiger charge is -2.09. The first-order valence-electron chi connectivity index (χ1n) is 5.56. The number of methoxy groups -OCH3 is 1. The Hall–Kier alpha value is -0.860. The van der Waals surface area contributed by atoms with E-state index in [0.717, 1.165) is 6.07 Å². The van der Waals surface area contributed by atoms with Gasteiger partial charge in [-0.2, -0.15) is 0 Å². The first-order valence-corrected chi connectivity index (χ1v) is 7.86. The predicted octanol–water partition coefficient (Wildman–Crippen LogP) is 1.41. The van der Waals surface area contributed by atoms with Gasteiger partial charge in [-0.15, -0.1) is 0 Å². The molecule has 0 saturated carbocycles. The highest BCUT2D eigenvalue weighted by Gasteiger charge is 2.19. The fourth-order valence-electron chi connectivity index (χ4n) is 1.43. The molecule has 20 heavy (non-hydrogen) atoms. The Morgan fingerprint density at radius 3 is 2.55 bits per heavy atom. The van der Waals surface area contributed by atoms with Crippen molar-refractivity contribution in [2.45, 2.75) is 11.3 Å². The van der Waals surface area contributed by atoms with Crippen molar-refractivity contribution in [2.75, 3.05) is 20.3 Å². The molecule has 1 aromatic carbocycles. The molecule has 0 aromatic heterocycles. The number of nitrogens with two attached hydrogens (primary N) is 1. The van der Waals surface area contributed by atoms with Crippen LogP contribution in [0.15, 0.2) is 17.0 Å². The van der Waals surface area contributed by atoms with E-state index >= 15 is 0 Å². The van der Waals surface area contributed by atoms with Gasteiger partial charge in [0.1, 0.15) is 4.90 Å². The first kappa shape index (κ1) is 17.2. The van der Waals surface area contributed by atoms with E-state index in [0.29, 0.717) is 19.6 Å². The molecule has 0 radical (unpaired) electrons. The summed E-state index contributed by atoms with van der Waals surface area (Å²) in [6.45, 7) is 0.868. The van der Waals surface area contributed by atoms with Crippen molar-refractivity contribution in [1.82, 2.24) is 5.32 Å². The van der Waals surface area contributed by atoms with Gasteiger partial charge >= 0.3 is 0 Å². The highest BCUT2D eigenvalue weighted by molar-refractivity contribution is 7.89. The van der Waals surface area contributed by atoms with Crippen LogP contribution in [0.5, 0.6) is 0 Å². The second-order valence-electron chi connectivity index (χ2n) is 3.91. The van der Waals surface area contributed by atoms with Crippen molar-refractivity contribution in [3.8, 4) is 0 Å². The number of carbonyl (C=O) groups excluding carboxylic acids is 1. The van der Waals surface area contributed by atoms with Crippen molar-refractivity contribution in [3.05, 3.63) is 27.7 Å². The van der Waals surface area contributed by atoms with E-state index in [4.69, 9.17) is 33.1 Å². The maximum atomic E-state index is 11.9. The number of primary sulfonamides is 1. The van der Waals surface area contributed by atoms with Gasteiger partial charge in [-0.05, 0) is 18.6 Å². The maximum Gasteiger partial charge on any atom is 0.252 e. The molecule has 1 aromatic rings. The third-order valence-corrected chi connectivity index (χ3v) is 4.07. The minimum absolute atomic E-state index is 0.00231. The predicted molar refractivity (Wildman–Crippen MR) is 76.7 cm³/mol. The van der Waals surface area contributed by atoms with Gasteiger partial charge in [0.15, 0.2) is 0 Å². The van der Waals surface area contributed by atoms with E-state index in [9.17, 15) is 13.2 Å². The molecule has 1 amide bonds. The molecule has 0 aliphatic heterocycles. The summed E-state index contributed by atoms with van der Waals surface area (Å²) in [7, 11) is -2.47. The van der Waals surface area contributed by atoms with E-state index in [2.05, 4.69) is 5.32 Å². The van der Waals surface area contributed by atoms with Crippen LogP contribution >= 0.6 is 23.2 Å². The molecule has 6 nitrogen and oxygen atoms in total. The van der Waals surface area contributed by atoms with Gasteiger partial charge in [-0.1, -0.05) is 23.2 Å². The lowest BCUT2D eigenvalue weighted by atomic mass is 10.2. The number of nitrogens with one attached hydrogen (secondary N) is 1. The summed E-state index contributed by atoms with van der Waals surface area (Å²) < 4.78 is 27.5. The molecule has 1 rings (SSSR count). The first-order chi connectivity index (χ1) is 9.27. The molecule has 0 heterocycles. The average Bonchev–Trinajstić information content (AvgIpc) is 2.32. The maximum absolute atomic E-state index is 11.9. The standard InChI is InChI=1S/C11H14Cl2N2O4S/c1-19-4-2-3-15-11(16)7-5-10(20(14,17)18)9(13)6-8(7)12/h5-6H,2-4H2,1H3,(H,15,16)(H2,14,17,18). The van der Waals surface area contributed by atoms with E-state index in [1.807, 2.05) is 0 Å². The number of rotatable bonds is 6. The average molecular weight is 341 g/mol. The molecular weight excluding hydrogens is 327 g/mol. The van der Waals surface area contributed by atoms with Crippen molar-refractivity contribution in [1.29, 1.82) is 0 Å². The van der Waals surface area contributed by atoms with Crippen LogP contribution in [-0.2, 0) is 14.8 Å². The fourth-order valence-corrected chi connectivity index (χ4v) is 2.84. The number of halogens is 2. The number of sulfonamides is 1. The van der Waals surface area contributed by atoms with Gasteiger partial charge in [-0.25, -0.2) is 13.6 Å². The largest absolute Gasteiger partial charge is 0.385 e. The van der Waals surface area contributed by atoms with Crippen LogP contribution < -0.4 is 10.5 Å². The summed E-state index contributed by atoms with van der Waals surface area (Å²) in [5.74, 6) is -0.507. The van der Waals surface area contributed by atoms with Crippen LogP contribution in [0.2, 0.25) is 10.0 Å². The molecule has 3 N–H and O–H groups in total. The minimum Gasteiger partial charge on any atom is -0.385 e. The fraction of sp³-hybridized carbons (Fsp3) is 0.364. The normalized spacial score (nSPS) is 11.4. The van der Waals surface area contributed by atoms with Crippen LogP contribution in [0.4, 0.5) is 0 Å². The third-order valence-electron chi connectivity index (χ3n) is 2.38. The molecule has 0 aliphatic carbocycles. The SMILES string of the molecule is COCCCNC(=O)c1cc(S(N)(=O)=O)c(Cl)cc1Cl. The smallest absolute Gasteiger partial charge is 0.252 e. The second-order valence-corrected chi connectivity index (χ2v) is 6.25. The van der Waals surface area contributed by atoms with Gasteiger partial charge in [0.25, 0.3) is 5.91 Å². The van der Waals surface area contributed by atoms with Gasteiger partial charge in [0.05, 0.1) is 15.6 Å². The van der Waals surface area contributed by atoms with Crippen molar-refractivity contribution < 1.29 is 17.9 Å². The Bertz CT molecular complexity index is 605. The molecule has 0 spiro atoms. The molecule has 0 fully saturated rings. The zero-order valence-electron chi connectivity index (χ0n) is 10.7. The number of benzene rings is 1. The Morgan fingerprint density at radius 1 is 1.35 bits per heavy atom. The van der Waals surface area contributed by atoms with Crippen molar-refractivity contribution >= 4 is 39.1 Å². The topological polar surface area (TPSA) is 98.5 Å². The molecule has 0 bridgehead atoms. The Kier molecular flexibility index (Phi) is 6.22. The number of ether oxygens (including phenoxy) is 1. The molecule has 0 unspecified atom stereocenters. The highest BCUT2D eigenvalue weighted by Crippen LogP contribution is 2.27. The van der Waals surface area contributed by atoms with E-state index in [-0.39, 0.29) is 20.5 Å². The summed E-state index contributed by atoms with van der Waals surface area (Å²) in [4.78, 5) is 11.6. The summed E-state index contributed by atoms with van der Waals surface area (Å²) in [5, 5.41) is 7.52. The van der Waals surface area contributed by atoms with Crippen molar-refractivity contribution in [3.63, 3.8) is 0 Å². The lowest BCUT2D eigenvalue weighted by Crippen LogP contribution is -2.26. The zero-order valence-corrected chi connectivity index (χ0v) is 13.0. The number of amides is 1. The zero-order chi connectivity index (χ0) is 15.3. The van der Waals surface area contributed by atoms with Gasteiger partial charge < -0.3 is 10.1 Å². The third kappa shape index (κ3) is 4.60. The van der Waals surface area contributed by atoms with Crippen LogP contribution in [0.1, 0.15) is 16.8 Å². The Balaban J connectivity index is 2.98. The highest BCUT2D eigenvalue weighted by atomic mass is 35.5. The summed E-state index contributed by atoms with van der Waals surface area (Å²) >= 11 is 11.6.